The Morgan fingerprint density at radius 3 is 2.22 bits per heavy atom. The van der Waals surface area contributed by atoms with Crippen molar-refractivity contribution in [1.82, 2.24) is 0 Å². The average Bonchev–Trinajstić information content (AvgIpc) is 1.64. The maximum atomic E-state index is 9.98. The van der Waals surface area contributed by atoms with Gasteiger partial charge in [0.1, 0.15) is 0 Å². The van der Waals surface area contributed by atoms with Gasteiger partial charge in [-0.15, -0.1) is 6.58 Å². The smallest absolute Gasteiger partial charge is 0.292 e. The molecule has 0 radical (unpaired) electrons. The van der Waals surface area contributed by atoms with E-state index in [1.54, 1.807) is 0 Å². The van der Waals surface area contributed by atoms with Gasteiger partial charge in [-0.3, -0.25) is 4.55 Å². The van der Waals surface area contributed by atoms with Crippen molar-refractivity contribution in [2.75, 3.05) is 0 Å². The van der Waals surface area contributed by atoms with E-state index in [9.17, 15) is 8.42 Å². The molecule has 0 aromatic rings. The van der Waals surface area contributed by atoms with Crippen molar-refractivity contribution in [3.63, 3.8) is 0 Å². The summed E-state index contributed by atoms with van der Waals surface area (Å²) < 4.78 is 28.0. The second-order valence-electron chi connectivity index (χ2n) is 1.49. The Bertz CT molecular complexity index is 181. The highest BCUT2D eigenvalue weighted by Crippen LogP contribution is 1.98. The normalized spacial score (nSPS) is 14.9. The van der Waals surface area contributed by atoms with E-state index in [2.05, 4.69) is 6.58 Å². The third kappa shape index (κ3) is 3.23. The molecular weight excluding hydrogens is 144 g/mol. The van der Waals surface area contributed by atoms with Gasteiger partial charge in [-0.2, -0.15) is 8.42 Å². The highest BCUT2D eigenvalue weighted by atomic mass is 32.2. The first-order chi connectivity index (χ1) is 3.98. The molecule has 5 heteroatoms. The molecule has 4 nitrogen and oxygen atoms in total. The zero-order chi connectivity index (χ0) is 7.49. The Labute approximate surface area is 53.6 Å². The van der Waals surface area contributed by atoms with Crippen molar-refractivity contribution in [2.24, 2.45) is 0 Å². The van der Waals surface area contributed by atoms with Gasteiger partial charge in [-0.05, 0) is 0 Å². The first kappa shape index (κ1) is 8.61. The van der Waals surface area contributed by atoms with Crippen LogP contribution in [0.2, 0.25) is 0 Å². The number of hydrogen-bond donors (Lipinski definition) is 2. The lowest BCUT2D eigenvalue weighted by atomic mass is 10.5. The van der Waals surface area contributed by atoms with Gasteiger partial charge in [0, 0.05) is 6.42 Å². The fourth-order valence-electron chi connectivity index (χ4n) is 0.264. The molecule has 1 atom stereocenters. The van der Waals surface area contributed by atoms with Gasteiger partial charge >= 0.3 is 0 Å². The van der Waals surface area contributed by atoms with Gasteiger partial charge in [0.25, 0.3) is 10.1 Å². The van der Waals surface area contributed by atoms with Crippen LogP contribution in [0.3, 0.4) is 0 Å². The van der Waals surface area contributed by atoms with Crippen LogP contribution in [0.4, 0.5) is 0 Å². The average molecular weight is 152 g/mol. The van der Waals surface area contributed by atoms with E-state index in [0.717, 1.165) is 0 Å². The van der Waals surface area contributed by atoms with E-state index in [1.807, 2.05) is 0 Å². The first-order valence-corrected chi connectivity index (χ1v) is 3.74. The molecule has 0 saturated carbocycles. The predicted molar refractivity (Wildman–Crippen MR) is 32.4 cm³/mol. The van der Waals surface area contributed by atoms with Gasteiger partial charge in [-0.1, -0.05) is 6.08 Å². The van der Waals surface area contributed by atoms with Crippen molar-refractivity contribution in [1.29, 1.82) is 0 Å². The van der Waals surface area contributed by atoms with Gasteiger partial charge in [0.15, 0.2) is 5.44 Å². The van der Waals surface area contributed by atoms with Crippen LogP contribution in [0.1, 0.15) is 6.42 Å². The fourth-order valence-corrected chi connectivity index (χ4v) is 0.643. The summed E-state index contributed by atoms with van der Waals surface area (Å²) in [7, 11) is -4.28. The molecule has 1 unspecified atom stereocenters. The van der Waals surface area contributed by atoms with Crippen molar-refractivity contribution < 1.29 is 18.1 Å². The zero-order valence-corrected chi connectivity index (χ0v) is 5.50. The van der Waals surface area contributed by atoms with E-state index >= 15 is 0 Å². The summed E-state index contributed by atoms with van der Waals surface area (Å²) >= 11 is 0. The van der Waals surface area contributed by atoms with Crippen LogP contribution in [0.5, 0.6) is 0 Å². The Morgan fingerprint density at radius 2 is 2.11 bits per heavy atom. The topological polar surface area (TPSA) is 74.6 Å². The Hall–Kier alpha value is -0.390. The van der Waals surface area contributed by atoms with Gasteiger partial charge < -0.3 is 5.11 Å². The summed E-state index contributed by atoms with van der Waals surface area (Å²) in [6, 6.07) is 0. The minimum absolute atomic E-state index is 0.154. The molecule has 0 fully saturated rings. The Balaban J connectivity index is 4.05. The molecule has 2 N–H and O–H groups in total. The predicted octanol–water partition coefficient (Wildman–Crippen LogP) is -0.231. The Morgan fingerprint density at radius 1 is 1.67 bits per heavy atom. The summed E-state index contributed by atoms with van der Waals surface area (Å²) in [5, 5.41) is 8.48. The zero-order valence-electron chi connectivity index (χ0n) is 4.69. The largest absolute Gasteiger partial charge is 0.375 e. The van der Waals surface area contributed by atoms with E-state index in [-0.39, 0.29) is 6.42 Å². The van der Waals surface area contributed by atoms with Crippen LogP contribution >= 0.6 is 0 Å². The summed E-state index contributed by atoms with van der Waals surface area (Å²) in [5.41, 5.74) is -1.73. The van der Waals surface area contributed by atoms with Crippen molar-refractivity contribution in [2.45, 2.75) is 11.9 Å². The van der Waals surface area contributed by atoms with Crippen LogP contribution in [-0.2, 0) is 10.1 Å². The van der Waals surface area contributed by atoms with Crippen LogP contribution in [0, 0.1) is 0 Å². The van der Waals surface area contributed by atoms with Crippen LogP contribution in [0.15, 0.2) is 12.7 Å². The third-order valence-corrected chi connectivity index (χ3v) is 1.59. The maximum absolute atomic E-state index is 9.98. The lowest BCUT2D eigenvalue weighted by molar-refractivity contribution is 0.236. The minimum Gasteiger partial charge on any atom is -0.375 e. The first-order valence-electron chi connectivity index (χ1n) is 2.23. The summed E-state index contributed by atoms with van der Waals surface area (Å²) in [6.45, 7) is 3.18. The summed E-state index contributed by atoms with van der Waals surface area (Å²) in [4.78, 5) is 0. The Kier molecular flexibility index (Phi) is 2.83. The van der Waals surface area contributed by atoms with E-state index in [0.29, 0.717) is 0 Å². The molecule has 0 spiro atoms. The van der Waals surface area contributed by atoms with E-state index in [1.165, 1.54) is 6.08 Å². The maximum Gasteiger partial charge on any atom is 0.292 e. The monoisotopic (exact) mass is 152 g/mol. The number of aliphatic hydroxyl groups is 1. The number of rotatable bonds is 3. The minimum atomic E-state index is -4.28. The number of aliphatic hydroxyl groups excluding tert-OH is 1. The second-order valence-corrected chi connectivity index (χ2v) is 3.07. The standard InChI is InChI=1S/C4H8O4S/c1-2-3-4(5)9(6,7)8/h2,4-5H,1,3H2,(H,6,7,8). The SMILES string of the molecule is C=CCC(O)S(=O)(=O)O. The van der Waals surface area contributed by atoms with E-state index in [4.69, 9.17) is 9.66 Å². The highest BCUT2D eigenvalue weighted by molar-refractivity contribution is 7.86. The lowest BCUT2D eigenvalue weighted by Gasteiger charge is -2.00. The van der Waals surface area contributed by atoms with Gasteiger partial charge in [0.05, 0.1) is 0 Å². The van der Waals surface area contributed by atoms with Crippen LogP contribution < -0.4 is 0 Å². The summed E-state index contributed by atoms with van der Waals surface area (Å²) in [5.74, 6) is 0. The molecular formula is C4H8O4S. The third-order valence-electron chi connectivity index (χ3n) is 0.712. The molecule has 0 amide bonds. The van der Waals surface area contributed by atoms with Gasteiger partial charge in [0.2, 0.25) is 0 Å². The molecule has 54 valence electrons. The van der Waals surface area contributed by atoms with Crippen LogP contribution in [-0.4, -0.2) is 23.5 Å². The molecule has 0 aromatic heterocycles. The molecule has 0 bridgehead atoms. The lowest BCUT2D eigenvalue weighted by Crippen LogP contribution is -2.18. The molecule has 0 saturated heterocycles. The van der Waals surface area contributed by atoms with Gasteiger partial charge in [-0.25, -0.2) is 0 Å². The molecule has 0 aliphatic heterocycles. The molecule has 0 aliphatic rings. The molecule has 0 heterocycles. The second kappa shape index (κ2) is 2.95. The van der Waals surface area contributed by atoms with Crippen LogP contribution in [0.25, 0.3) is 0 Å². The fraction of sp³-hybridized carbons (Fsp3) is 0.500. The number of hydrogen-bond acceptors (Lipinski definition) is 3. The molecule has 9 heavy (non-hydrogen) atoms. The van der Waals surface area contributed by atoms with Crippen molar-refractivity contribution in [3.8, 4) is 0 Å². The molecule has 0 rings (SSSR count). The van der Waals surface area contributed by atoms with E-state index < -0.39 is 15.6 Å². The summed E-state index contributed by atoms with van der Waals surface area (Å²) in [6.07, 6.45) is 1.05. The molecule has 0 aromatic carbocycles. The molecule has 0 aliphatic carbocycles. The van der Waals surface area contributed by atoms with Crippen molar-refractivity contribution in [3.05, 3.63) is 12.7 Å². The van der Waals surface area contributed by atoms with Crippen molar-refractivity contribution >= 4 is 10.1 Å². The quantitative estimate of drug-likeness (QED) is 0.432. The highest BCUT2D eigenvalue weighted by Gasteiger charge is 2.16.